The van der Waals surface area contributed by atoms with Gasteiger partial charge in [-0.2, -0.15) is 0 Å². The molecule has 2 rings (SSSR count). The van der Waals surface area contributed by atoms with Gasteiger partial charge in [0.05, 0.1) is 6.10 Å². The zero-order chi connectivity index (χ0) is 13.5. The van der Waals surface area contributed by atoms with Crippen molar-refractivity contribution >= 4 is 10.0 Å². The molecule has 1 aliphatic carbocycles. The zero-order valence-corrected chi connectivity index (χ0v) is 9.85. The van der Waals surface area contributed by atoms with Crippen molar-refractivity contribution in [1.29, 1.82) is 0 Å². The van der Waals surface area contributed by atoms with Gasteiger partial charge in [0.25, 0.3) is 0 Å². The Morgan fingerprint density at radius 2 is 1.67 bits per heavy atom. The monoisotopic (exact) mass is 281 g/mol. The molecule has 1 aromatic rings. The Bertz CT molecular complexity index is 547. The lowest BCUT2D eigenvalue weighted by Crippen LogP contribution is -2.46. The molecular weight excluding hydrogens is 271 g/mol. The van der Waals surface area contributed by atoms with Crippen LogP contribution in [0.5, 0.6) is 0 Å². The first kappa shape index (κ1) is 13.3. The van der Waals surface area contributed by atoms with E-state index in [1.54, 1.807) is 0 Å². The van der Waals surface area contributed by atoms with Crippen LogP contribution < -0.4 is 4.72 Å². The Hall–Kier alpha value is -1.12. The summed E-state index contributed by atoms with van der Waals surface area (Å²) in [6.07, 6.45) is -0.242. The maximum atomic E-state index is 13.3. The number of hydrogen-bond acceptors (Lipinski definition) is 3. The van der Waals surface area contributed by atoms with E-state index in [1.165, 1.54) is 0 Å². The van der Waals surface area contributed by atoms with E-state index in [4.69, 9.17) is 5.11 Å². The molecule has 0 bridgehead atoms. The van der Waals surface area contributed by atoms with E-state index >= 15 is 0 Å². The highest BCUT2D eigenvalue weighted by Gasteiger charge is 2.34. The van der Waals surface area contributed by atoms with Gasteiger partial charge in [0.1, 0.15) is 17.5 Å². The van der Waals surface area contributed by atoms with Crippen LogP contribution in [-0.2, 0) is 10.0 Å². The molecule has 0 radical (unpaired) electrons. The van der Waals surface area contributed by atoms with Crippen molar-refractivity contribution in [2.45, 2.75) is 29.9 Å². The molecule has 1 fully saturated rings. The molecule has 1 aliphatic rings. The predicted molar refractivity (Wildman–Crippen MR) is 55.7 cm³/mol. The van der Waals surface area contributed by atoms with Gasteiger partial charge >= 0.3 is 0 Å². The second kappa shape index (κ2) is 4.52. The van der Waals surface area contributed by atoms with Gasteiger partial charge in [-0.3, -0.25) is 0 Å². The minimum atomic E-state index is -4.40. The fraction of sp³-hybridized carbons (Fsp3) is 0.400. The molecule has 0 amide bonds. The van der Waals surface area contributed by atoms with Crippen LogP contribution in [0.15, 0.2) is 17.0 Å². The Labute approximate surface area is 101 Å². The highest BCUT2D eigenvalue weighted by molar-refractivity contribution is 7.89. The normalized spacial score (nSPS) is 23.8. The van der Waals surface area contributed by atoms with Gasteiger partial charge in [-0.05, 0) is 12.8 Å². The third kappa shape index (κ3) is 2.50. The Balaban J connectivity index is 2.30. The summed E-state index contributed by atoms with van der Waals surface area (Å²) in [5.41, 5.74) is 0. The minimum Gasteiger partial charge on any atom is -0.393 e. The van der Waals surface area contributed by atoms with Crippen molar-refractivity contribution in [3.63, 3.8) is 0 Å². The molecule has 0 saturated heterocycles. The van der Waals surface area contributed by atoms with E-state index in [-0.39, 0.29) is 12.8 Å². The molecule has 4 nitrogen and oxygen atoms in total. The average Bonchev–Trinajstić information content (AvgIpc) is 2.11. The summed E-state index contributed by atoms with van der Waals surface area (Å²) in [6.45, 7) is 0. The number of hydrogen-bond donors (Lipinski definition) is 2. The van der Waals surface area contributed by atoms with Crippen molar-refractivity contribution in [2.24, 2.45) is 0 Å². The van der Waals surface area contributed by atoms with E-state index in [2.05, 4.69) is 4.72 Å². The number of benzene rings is 1. The molecule has 0 unspecified atom stereocenters. The second-order valence-corrected chi connectivity index (χ2v) is 5.79. The van der Waals surface area contributed by atoms with Crippen LogP contribution in [0.2, 0.25) is 0 Å². The van der Waals surface area contributed by atoms with E-state index < -0.39 is 44.5 Å². The van der Waals surface area contributed by atoms with E-state index in [0.29, 0.717) is 12.1 Å². The Morgan fingerprint density at radius 1 is 1.17 bits per heavy atom. The summed E-state index contributed by atoms with van der Waals surface area (Å²) in [4.78, 5) is -1.20. The van der Waals surface area contributed by atoms with Crippen LogP contribution in [0.3, 0.4) is 0 Å². The predicted octanol–water partition coefficient (Wildman–Crippen LogP) is 0.905. The van der Waals surface area contributed by atoms with E-state index in [9.17, 15) is 21.6 Å². The third-order valence-corrected chi connectivity index (χ3v) is 4.24. The summed E-state index contributed by atoms with van der Waals surface area (Å²) in [5.74, 6) is -4.16. The quantitative estimate of drug-likeness (QED) is 0.865. The zero-order valence-electron chi connectivity index (χ0n) is 9.03. The first-order chi connectivity index (χ1) is 8.29. The van der Waals surface area contributed by atoms with Crippen LogP contribution >= 0.6 is 0 Å². The van der Waals surface area contributed by atoms with Crippen molar-refractivity contribution in [3.8, 4) is 0 Å². The van der Waals surface area contributed by atoms with E-state index in [1.807, 2.05) is 0 Å². The molecule has 0 heterocycles. The number of halogens is 3. The van der Waals surface area contributed by atoms with Crippen molar-refractivity contribution in [1.82, 2.24) is 4.72 Å². The molecule has 0 aliphatic heterocycles. The molecule has 2 N–H and O–H groups in total. The lowest BCUT2D eigenvalue weighted by molar-refractivity contribution is 0.0711. The lowest BCUT2D eigenvalue weighted by Gasteiger charge is -2.31. The van der Waals surface area contributed by atoms with Crippen LogP contribution in [0.4, 0.5) is 13.2 Å². The summed E-state index contributed by atoms with van der Waals surface area (Å²) < 4.78 is 64.7. The molecular formula is C10H10F3NO3S. The first-order valence-electron chi connectivity index (χ1n) is 5.14. The van der Waals surface area contributed by atoms with Crippen molar-refractivity contribution in [3.05, 3.63) is 29.6 Å². The summed E-state index contributed by atoms with van der Waals surface area (Å²) in [7, 11) is -4.40. The SMILES string of the molecule is O=S(=O)(NC1CC(O)C1)c1c(F)cc(F)cc1F. The Kier molecular flexibility index (Phi) is 3.35. The van der Waals surface area contributed by atoms with Gasteiger partial charge in [0.2, 0.25) is 10.0 Å². The third-order valence-electron chi connectivity index (χ3n) is 2.67. The van der Waals surface area contributed by atoms with Gasteiger partial charge < -0.3 is 5.11 Å². The highest BCUT2D eigenvalue weighted by atomic mass is 32.2. The molecule has 0 aromatic heterocycles. The van der Waals surface area contributed by atoms with Gasteiger partial charge in [0.15, 0.2) is 4.90 Å². The minimum absolute atomic E-state index is 0.184. The molecule has 1 aromatic carbocycles. The van der Waals surface area contributed by atoms with Gasteiger partial charge in [0, 0.05) is 18.2 Å². The van der Waals surface area contributed by atoms with E-state index in [0.717, 1.165) is 0 Å². The molecule has 1 saturated carbocycles. The number of aliphatic hydroxyl groups excluding tert-OH is 1. The average molecular weight is 281 g/mol. The van der Waals surface area contributed by atoms with Gasteiger partial charge in [-0.1, -0.05) is 0 Å². The summed E-state index contributed by atoms with van der Waals surface area (Å²) in [6, 6.07) is 0.0365. The van der Waals surface area contributed by atoms with Crippen molar-refractivity contribution < 1.29 is 26.7 Å². The smallest absolute Gasteiger partial charge is 0.246 e. The van der Waals surface area contributed by atoms with Crippen LogP contribution in [0, 0.1) is 17.5 Å². The number of sulfonamides is 1. The first-order valence-corrected chi connectivity index (χ1v) is 6.63. The molecule has 18 heavy (non-hydrogen) atoms. The van der Waals surface area contributed by atoms with Crippen LogP contribution in [0.25, 0.3) is 0 Å². The lowest BCUT2D eigenvalue weighted by atomic mass is 9.91. The molecule has 8 heteroatoms. The molecule has 0 spiro atoms. The van der Waals surface area contributed by atoms with Crippen LogP contribution in [0.1, 0.15) is 12.8 Å². The van der Waals surface area contributed by atoms with Crippen molar-refractivity contribution in [2.75, 3.05) is 0 Å². The maximum Gasteiger partial charge on any atom is 0.246 e. The second-order valence-electron chi connectivity index (χ2n) is 4.14. The maximum absolute atomic E-state index is 13.3. The Morgan fingerprint density at radius 3 is 2.11 bits per heavy atom. The largest absolute Gasteiger partial charge is 0.393 e. The number of rotatable bonds is 3. The topological polar surface area (TPSA) is 66.4 Å². The molecule has 100 valence electrons. The van der Waals surface area contributed by atoms with Gasteiger partial charge in [-0.25, -0.2) is 26.3 Å². The fourth-order valence-electron chi connectivity index (χ4n) is 1.75. The highest BCUT2D eigenvalue weighted by Crippen LogP contribution is 2.24. The standard InChI is InChI=1S/C10H10F3NO3S/c11-5-1-8(12)10(9(13)2-5)18(16,17)14-6-3-7(15)4-6/h1-2,6-7,14-15H,3-4H2. The van der Waals surface area contributed by atoms with Gasteiger partial charge in [-0.15, -0.1) is 0 Å². The summed E-state index contributed by atoms with van der Waals surface area (Å²) >= 11 is 0. The fourth-order valence-corrected chi connectivity index (χ4v) is 3.13. The molecule has 0 atom stereocenters. The number of nitrogens with one attached hydrogen (secondary N) is 1. The number of aliphatic hydroxyl groups is 1. The summed E-state index contributed by atoms with van der Waals surface area (Å²) in [5, 5.41) is 9.00. The van der Waals surface area contributed by atoms with Crippen LogP contribution in [-0.4, -0.2) is 25.7 Å².